The lowest BCUT2D eigenvalue weighted by Gasteiger charge is -2.16. The largest absolute Gasteiger partial charge is 0.497 e. The number of nitrogens with two attached hydrogens (primary N) is 1. The van der Waals surface area contributed by atoms with Crippen molar-refractivity contribution in [2.24, 2.45) is 11.1 Å². The van der Waals surface area contributed by atoms with E-state index in [1.807, 2.05) is 29.2 Å². The standard InChI is InChI=1S/C14H18N2O2/c1-18-11-4-2-10(3-5-11)8-16-9-12(15)14(6-7-14)13(16)17/h2-5,12H,6-9,15H2,1H3/t12-/m1/s1. The van der Waals surface area contributed by atoms with Crippen molar-refractivity contribution >= 4 is 5.91 Å². The highest BCUT2D eigenvalue weighted by molar-refractivity contribution is 5.88. The van der Waals surface area contributed by atoms with Gasteiger partial charge in [-0.25, -0.2) is 0 Å². The van der Waals surface area contributed by atoms with Crippen LogP contribution in [0.25, 0.3) is 0 Å². The molecule has 1 spiro atoms. The van der Waals surface area contributed by atoms with Crippen LogP contribution in [-0.2, 0) is 11.3 Å². The van der Waals surface area contributed by atoms with Crippen molar-refractivity contribution in [3.63, 3.8) is 0 Å². The van der Waals surface area contributed by atoms with Crippen LogP contribution < -0.4 is 10.5 Å². The van der Waals surface area contributed by atoms with Crippen molar-refractivity contribution in [3.8, 4) is 5.75 Å². The molecular formula is C14H18N2O2. The molecule has 1 aromatic carbocycles. The first kappa shape index (κ1) is 11.5. The molecule has 3 rings (SSSR count). The molecule has 0 unspecified atom stereocenters. The molecule has 0 radical (unpaired) electrons. The van der Waals surface area contributed by atoms with Crippen LogP contribution in [0.4, 0.5) is 0 Å². The topological polar surface area (TPSA) is 55.6 Å². The summed E-state index contributed by atoms with van der Waals surface area (Å²) in [4.78, 5) is 14.1. The van der Waals surface area contributed by atoms with Crippen molar-refractivity contribution in [2.45, 2.75) is 25.4 Å². The molecule has 18 heavy (non-hydrogen) atoms. The first-order chi connectivity index (χ1) is 8.65. The molecule has 1 heterocycles. The zero-order valence-electron chi connectivity index (χ0n) is 10.6. The molecule has 1 amide bonds. The summed E-state index contributed by atoms with van der Waals surface area (Å²) in [5, 5.41) is 0. The van der Waals surface area contributed by atoms with Gasteiger partial charge in [0, 0.05) is 19.1 Å². The van der Waals surface area contributed by atoms with Gasteiger partial charge in [-0.05, 0) is 30.5 Å². The number of hydrogen-bond acceptors (Lipinski definition) is 3. The monoisotopic (exact) mass is 246 g/mol. The van der Waals surface area contributed by atoms with Gasteiger partial charge < -0.3 is 15.4 Å². The fourth-order valence-corrected chi connectivity index (χ4v) is 2.78. The molecule has 2 aliphatic rings. The van der Waals surface area contributed by atoms with Crippen LogP contribution in [0.1, 0.15) is 18.4 Å². The number of carbonyl (C=O) groups excluding carboxylic acids is 1. The Bertz CT molecular complexity index is 465. The minimum Gasteiger partial charge on any atom is -0.497 e. The molecule has 96 valence electrons. The fourth-order valence-electron chi connectivity index (χ4n) is 2.78. The van der Waals surface area contributed by atoms with Crippen molar-refractivity contribution in [1.29, 1.82) is 0 Å². The Morgan fingerprint density at radius 3 is 2.56 bits per heavy atom. The number of rotatable bonds is 3. The molecule has 4 nitrogen and oxygen atoms in total. The van der Waals surface area contributed by atoms with Crippen LogP contribution in [0.15, 0.2) is 24.3 Å². The third kappa shape index (κ3) is 1.68. The Labute approximate surface area is 107 Å². The maximum Gasteiger partial charge on any atom is 0.230 e. The van der Waals surface area contributed by atoms with E-state index in [1.54, 1.807) is 7.11 Å². The smallest absolute Gasteiger partial charge is 0.230 e. The van der Waals surface area contributed by atoms with Crippen LogP contribution in [0.2, 0.25) is 0 Å². The van der Waals surface area contributed by atoms with Crippen LogP contribution in [0.3, 0.4) is 0 Å². The number of carbonyl (C=O) groups is 1. The lowest BCUT2D eigenvalue weighted by Crippen LogP contribution is -2.31. The maximum atomic E-state index is 12.2. The van der Waals surface area contributed by atoms with Crippen LogP contribution in [0.5, 0.6) is 5.75 Å². The Morgan fingerprint density at radius 1 is 1.39 bits per heavy atom. The molecule has 1 saturated heterocycles. The highest BCUT2D eigenvalue weighted by atomic mass is 16.5. The number of ether oxygens (including phenoxy) is 1. The predicted octanol–water partition coefficient (Wildman–Crippen LogP) is 1.14. The number of likely N-dealkylation sites (tertiary alicyclic amines) is 1. The van der Waals surface area contributed by atoms with E-state index in [0.717, 1.165) is 24.2 Å². The Kier molecular flexibility index (Phi) is 2.55. The maximum absolute atomic E-state index is 12.2. The minimum absolute atomic E-state index is 0.0169. The highest BCUT2D eigenvalue weighted by Gasteiger charge is 2.60. The SMILES string of the molecule is COc1ccc(CN2C[C@@H](N)C3(CC3)C2=O)cc1. The first-order valence-corrected chi connectivity index (χ1v) is 6.33. The average Bonchev–Trinajstić information content (AvgIpc) is 3.15. The fraction of sp³-hybridized carbons (Fsp3) is 0.500. The third-order valence-electron chi connectivity index (χ3n) is 4.16. The highest BCUT2D eigenvalue weighted by Crippen LogP contribution is 2.53. The van der Waals surface area contributed by atoms with Crippen LogP contribution in [0, 0.1) is 5.41 Å². The summed E-state index contributed by atoms with van der Waals surface area (Å²) in [7, 11) is 1.65. The van der Waals surface area contributed by atoms with E-state index in [4.69, 9.17) is 10.5 Å². The second-order valence-corrected chi connectivity index (χ2v) is 5.30. The Hall–Kier alpha value is -1.55. The van der Waals surface area contributed by atoms with E-state index in [-0.39, 0.29) is 17.4 Å². The molecule has 0 aromatic heterocycles. The number of amides is 1. The van der Waals surface area contributed by atoms with Gasteiger partial charge in [-0.3, -0.25) is 4.79 Å². The summed E-state index contributed by atoms with van der Waals surface area (Å²) < 4.78 is 5.12. The summed E-state index contributed by atoms with van der Waals surface area (Å²) in [6.07, 6.45) is 1.93. The van der Waals surface area contributed by atoms with Gasteiger partial charge in [0.2, 0.25) is 5.91 Å². The first-order valence-electron chi connectivity index (χ1n) is 6.33. The Morgan fingerprint density at radius 2 is 2.06 bits per heavy atom. The van der Waals surface area contributed by atoms with E-state index < -0.39 is 0 Å². The lowest BCUT2D eigenvalue weighted by molar-refractivity contribution is -0.132. The molecule has 0 bridgehead atoms. The third-order valence-corrected chi connectivity index (χ3v) is 4.16. The quantitative estimate of drug-likeness (QED) is 0.870. The van der Waals surface area contributed by atoms with Crippen LogP contribution in [-0.4, -0.2) is 30.5 Å². The van der Waals surface area contributed by atoms with Gasteiger partial charge in [0.1, 0.15) is 5.75 Å². The normalized spacial score (nSPS) is 24.7. The molecule has 2 fully saturated rings. The molecule has 1 saturated carbocycles. The second kappa shape index (κ2) is 3.99. The molecule has 1 aliphatic heterocycles. The molecule has 2 N–H and O–H groups in total. The van der Waals surface area contributed by atoms with Gasteiger partial charge in [0.05, 0.1) is 12.5 Å². The lowest BCUT2D eigenvalue weighted by atomic mass is 10.0. The van der Waals surface area contributed by atoms with Gasteiger partial charge >= 0.3 is 0 Å². The number of hydrogen-bond donors (Lipinski definition) is 1. The average molecular weight is 246 g/mol. The van der Waals surface area contributed by atoms with Gasteiger partial charge in [-0.1, -0.05) is 12.1 Å². The van der Waals surface area contributed by atoms with E-state index in [2.05, 4.69) is 0 Å². The number of benzene rings is 1. The zero-order chi connectivity index (χ0) is 12.8. The summed E-state index contributed by atoms with van der Waals surface area (Å²) in [6, 6.07) is 7.85. The molecule has 1 aromatic rings. The summed E-state index contributed by atoms with van der Waals surface area (Å²) in [5.41, 5.74) is 6.99. The van der Waals surface area contributed by atoms with Gasteiger partial charge in [-0.15, -0.1) is 0 Å². The van der Waals surface area contributed by atoms with Crippen molar-refractivity contribution in [2.75, 3.05) is 13.7 Å². The van der Waals surface area contributed by atoms with Gasteiger partial charge in [0.25, 0.3) is 0 Å². The van der Waals surface area contributed by atoms with E-state index >= 15 is 0 Å². The molecule has 4 heteroatoms. The van der Waals surface area contributed by atoms with Crippen LogP contribution >= 0.6 is 0 Å². The summed E-state index contributed by atoms with van der Waals surface area (Å²) in [6.45, 7) is 1.34. The van der Waals surface area contributed by atoms with Crippen molar-refractivity contribution in [1.82, 2.24) is 4.90 Å². The number of nitrogens with zero attached hydrogens (tertiary/aromatic N) is 1. The van der Waals surface area contributed by atoms with Gasteiger partial charge in [0.15, 0.2) is 0 Å². The zero-order valence-corrected chi connectivity index (χ0v) is 10.6. The van der Waals surface area contributed by atoms with Crippen molar-refractivity contribution in [3.05, 3.63) is 29.8 Å². The molecular weight excluding hydrogens is 228 g/mol. The summed E-state index contributed by atoms with van der Waals surface area (Å²) in [5.74, 6) is 1.08. The minimum atomic E-state index is -0.202. The van der Waals surface area contributed by atoms with E-state index in [1.165, 1.54) is 0 Å². The molecule has 1 atom stereocenters. The van der Waals surface area contributed by atoms with E-state index in [9.17, 15) is 4.79 Å². The predicted molar refractivity (Wildman–Crippen MR) is 68.1 cm³/mol. The van der Waals surface area contributed by atoms with E-state index in [0.29, 0.717) is 13.1 Å². The Balaban J connectivity index is 1.71. The molecule has 1 aliphatic carbocycles. The van der Waals surface area contributed by atoms with Gasteiger partial charge in [-0.2, -0.15) is 0 Å². The number of methoxy groups -OCH3 is 1. The van der Waals surface area contributed by atoms with Crippen molar-refractivity contribution < 1.29 is 9.53 Å². The second-order valence-electron chi connectivity index (χ2n) is 5.30. The summed E-state index contributed by atoms with van der Waals surface area (Å²) >= 11 is 0.